The molecule has 1 atom stereocenters. The van der Waals surface area contributed by atoms with E-state index in [1.165, 1.54) is 0 Å². The van der Waals surface area contributed by atoms with Gasteiger partial charge in [0.05, 0.1) is 16.6 Å². The van der Waals surface area contributed by atoms with E-state index < -0.39 is 0 Å². The van der Waals surface area contributed by atoms with Crippen molar-refractivity contribution in [2.75, 3.05) is 19.0 Å². The maximum atomic E-state index is 13.3. The first-order valence-electron chi connectivity index (χ1n) is 10.5. The number of aromatic nitrogens is 3. The number of benzene rings is 1. The van der Waals surface area contributed by atoms with E-state index in [4.69, 9.17) is 4.98 Å². The number of H-pyrrole nitrogens is 1. The molecule has 0 saturated heterocycles. The van der Waals surface area contributed by atoms with Crippen molar-refractivity contribution >= 4 is 23.3 Å². The molecule has 0 fully saturated rings. The van der Waals surface area contributed by atoms with E-state index in [0.717, 1.165) is 56.6 Å². The van der Waals surface area contributed by atoms with Crippen molar-refractivity contribution in [1.82, 2.24) is 14.5 Å². The molecule has 1 aromatic carbocycles. The van der Waals surface area contributed by atoms with Gasteiger partial charge in [-0.05, 0) is 50.5 Å². The number of nitrogens with zero attached hydrogens (tertiary/aromatic N) is 3. The van der Waals surface area contributed by atoms with Gasteiger partial charge in [-0.1, -0.05) is 26.5 Å². The fraction of sp³-hybridized carbons (Fsp3) is 0.360. The first-order chi connectivity index (χ1) is 14.2. The van der Waals surface area contributed by atoms with Gasteiger partial charge >= 0.3 is 0 Å². The molecule has 4 rings (SSSR count). The van der Waals surface area contributed by atoms with Gasteiger partial charge in [-0.25, -0.2) is 4.98 Å². The second kappa shape index (κ2) is 7.31. The fourth-order valence-electron chi connectivity index (χ4n) is 4.57. The third kappa shape index (κ3) is 3.18. The topological polar surface area (TPSA) is 53.9 Å². The zero-order valence-corrected chi connectivity index (χ0v) is 18.7. The number of pyridine rings is 2. The zero-order valence-electron chi connectivity index (χ0n) is 18.7. The first kappa shape index (κ1) is 20.2. The van der Waals surface area contributed by atoms with Crippen LogP contribution in [0.4, 0.5) is 5.82 Å². The number of aromatic amines is 1. The Hall–Kier alpha value is -3.08. The second-order valence-electron chi connectivity index (χ2n) is 8.94. The van der Waals surface area contributed by atoms with Gasteiger partial charge in [-0.3, -0.25) is 4.79 Å². The van der Waals surface area contributed by atoms with Crippen LogP contribution in [-0.4, -0.2) is 28.6 Å². The predicted molar refractivity (Wildman–Crippen MR) is 126 cm³/mol. The molecule has 0 spiro atoms. The van der Waals surface area contributed by atoms with Crippen LogP contribution in [-0.2, 0) is 0 Å². The molecule has 2 aliphatic rings. The molecule has 30 heavy (non-hydrogen) atoms. The average Bonchev–Trinajstić information content (AvgIpc) is 2.94. The third-order valence-electron chi connectivity index (χ3n) is 5.84. The molecule has 1 N–H and O–H groups in total. The van der Waals surface area contributed by atoms with Crippen molar-refractivity contribution in [3.05, 3.63) is 51.7 Å². The molecule has 5 nitrogen and oxygen atoms in total. The third-order valence-corrected chi connectivity index (χ3v) is 5.84. The van der Waals surface area contributed by atoms with E-state index >= 15 is 0 Å². The highest BCUT2D eigenvalue weighted by molar-refractivity contribution is 6.03. The lowest BCUT2D eigenvalue weighted by Gasteiger charge is -2.19. The Bertz CT molecular complexity index is 1300. The summed E-state index contributed by atoms with van der Waals surface area (Å²) in [7, 11) is 3.98. The lowest BCUT2D eigenvalue weighted by atomic mass is 9.96. The summed E-state index contributed by atoms with van der Waals surface area (Å²) in [6.07, 6.45) is 0.953. The molecular weight excluding hydrogens is 372 g/mol. The van der Waals surface area contributed by atoms with E-state index in [0.29, 0.717) is 5.92 Å². The van der Waals surface area contributed by atoms with Gasteiger partial charge in [-0.15, -0.1) is 0 Å². The monoisotopic (exact) mass is 402 g/mol. The van der Waals surface area contributed by atoms with Crippen molar-refractivity contribution < 1.29 is 0 Å². The summed E-state index contributed by atoms with van der Waals surface area (Å²) in [5.41, 5.74) is 6.02. The smallest absolute Gasteiger partial charge is 0.259 e. The molecule has 0 aliphatic carbocycles. The molecular formula is C25H30N4O. The van der Waals surface area contributed by atoms with Gasteiger partial charge in [0.25, 0.3) is 5.56 Å². The second-order valence-corrected chi connectivity index (χ2v) is 8.94. The Morgan fingerprint density at radius 2 is 1.83 bits per heavy atom. The van der Waals surface area contributed by atoms with Crippen LogP contribution in [0.25, 0.3) is 39.9 Å². The Morgan fingerprint density at radius 3 is 2.47 bits per heavy atom. The number of hydrogen-bond donors (Lipinski definition) is 1. The summed E-state index contributed by atoms with van der Waals surface area (Å²) in [6.45, 7) is 12.7. The van der Waals surface area contributed by atoms with E-state index in [1.807, 2.05) is 54.8 Å². The van der Waals surface area contributed by atoms with Crippen molar-refractivity contribution in [1.29, 1.82) is 0 Å². The minimum Gasteiger partial charge on any atom is -0.363 e. The predicted octanol–water partition coefficient (Wildman–Crippen LogP) is 4.61. The minimum atomic E-state index is 0.0755. The Balaban J connectivity index is 1.98. The molecule has 3 heterocycles. The highest BCUT2D eigenvalue weighted by Crippen LogP contribution is 2.38. The highest BCUT2D eigenvalue weighted by atomic mass is 16.1. The van der Waals surface area contributed by atoms with Crippen LogP contribution in [0.15, 0.2) is 35.1 Å². The molecule has 2 aromatic rings. The summed E-state index contributed by atoms with van der Waals surface area (Å²) in [5.74, 6) is 1.44. The summed E-state index contributed by atoms with van der Waals surface area (Å²) in [5, 5.41) is 1.55. The summed E-state index contributed by atoms with van der Waals surface area (Å²) in [4.78, 5) is 23.5. The summed E-state index contributed by atoms with van der Waals surface area (Å²) >= 11 is 0. The normalized spacial score (nSPS) is 12.9. The van der Waals surface area contributed by atoms with Crippen molar-refractivity contribution in [2.45, 2.75) is 40.2 Å². The summed E-state index contributed by atoms with van der Waals surface area (Å²) in [6, 6.07) is 10.2. The van der Waals surface area contributed by atoms with Crippen molar-refractivity contribution in [3.8, 4) is 22.4 Å². The van der Waals surface area contributed by atoms with Crippen LogP contribution in [0.5, 0.6) is 0 Å². The molecule has 0 amide bonds. The van der Waals surface area contributed by atoms with Crippen molar-refractivity contribution in [3.63, 3.8) is 0 Å². The van der Waals surface area contributed by atoms with Crippen LogP contribution in [0.2, 0.25) is 0 Å². The molecule has 1 aromatic heterocycles. The maximum Gasteiger partial charge on any atom is 0.259 e. The van der Waals surface area contributed by atoms with E-state index in [9.17, 15) is 4.79 Å². The van der Waals surface area contributed by atoms with Crippen LogP contribution >= 0.6 is 0 Å². The molecule has 5 heteroatoms. The Kier molecular flexibility index (Phi) is 4.92. The molecule has 0 saturated carbocycles. The van der Waals surface area contributed by atoms with Crippen molar-refractivity contribution in [2.24, 2.45) is 5.92 Å². The van der Waals surface area contributed by atoms with Crippen LogP contribution in [0, 0.1) is 12.8 Å². The number of anilines is 1. The molecule has 156 valence electrons. The van der Waals surface area contributed by atoms with Crippen LogP contribution < -0.4 is 15.8 Å². The minimum absolute atomic E-state index is 0.0755. The largest absolute Gasteiger partial charge is 0.363 e. The van der Waals surface area contributed by atoms with Gasteiger partial charge in [-0.2, -0.15) is 0 Å². The Labute approximate surface area is 177 Å². The molecule has 0 bridgehead atoms. The van der Waals surface area contributed by atoms with Gasteiger partial charge in [0.15, 0.2) is 0 Å². The Morgan fingerprint density at radius 1 is 1.13 bits per heavy atom. The van der Waals surface area contributed by atoms with Crippen LogP contribution in [0.1, 0.15) is 38.9 Å². The fourth-order valence-corrected chi connectivity index (χ4v) is 4.57. The van der Waals surface area contributed by atoms with Crippen LogP contribution in [0.3, 0.4) is 0 Å². The van der Waals surface area contributed by atoms with E-state index in [2.05, 4.69) is 38.4 Å². The molecule has 1 unspecified atom stereocenters. The highest BCUT2D eigenvalue weighted by Gasteiger charge is 2.25. The molecule has 2 aliphatic heterocycles. The lowest BCUT2D eigenvalue weighted by molar-refractivity contribution is 0.426. The zero-order chi connectivity index (χ0) is 21.7. The van der Waals surface area contributed by atoms with Gasteiger partial charge < -0.3 is 14.5 Å². The number of hydrogen-bond acceptors (Lipinski definition) is 3. The van der Waals surface area contributed by atoms with E-state index in [1.54, 1.807) is 0 Å². The van der Waals surface area contributed by atoms with Gasteiger partial charge in [0.1, 0.15) is 5.82 Å². The number of aryl methyl sites for hydroxylation is 1. The first-order valence-corrected chi connectivity index (χ1v) is 10.5. The van der Waals surface area contributed by atoms with Gasteiger partial charge in [0.2, 0.25) is 0 Å². The lowest BCUT2D eigenvalue weighted by Crippen LogP contribution is -2.21. The quantitative estimate of drug-likeness (QED) is 0.530. The SMILES string of the molecule is C=c1cc2n(C(C)CC(C)C)c(=O)c3ccc(-c4ccc(N(C)C)nc4C)c([nH]1)c3-2. The number of rotatable bonds is 5. The standard InChI is InChI=1S/C25H30N4O/c1-14(2)12-16(4)29-21-13-15(3)26-24-19(8-9-20(23(21)24)25(29)30)18-10-11-22(28(6)7)27-17(18)5/h8-11,13-14,16,26H,3,12H2,1-2,4-7H3. The average molecular weight is 403 g/mol. The van der Waals surface area contributed by atoms with E-state index in [-0.39, 0.29) is 11.6 Å². The number of nitrogens with one attached hydrogen (secondary N) is 1. The summed E-state index contributed by atoms with van der Waals surface area (Å²) < 4.78 is 1.95. The van der Waals surface area contributed by atoms with Gasteiger partial charge in [0, 0.05) is 47.9 Å². The maximum absolute atomic E-state index is 13.3. The molecule has 0 radical (unpaired) electrons.